The number of benzene rings is 2. The zero-order chi connectivity index (χ0) is 16.9. The molecule has 0 spiro atoms. The Balaban J connectivity index is 1.68. The van der Waals surface area contributed by atoms with Gasteiger partial charge >= 0.3 is 0 Å². The Morgan fingerprint density at radius 1 is 1.00 bits per heavy atom. The Kier molecular flexibility index (Phi) is 4.81. The zero-order valence-electron chi connectivity index (χ0n) is 12.3. The maximum atomic E-state index is 13.6. The molecule has 7 heteroatoms. The summed E-state index contributed by atoms with van der Waals surface area (Å²) in [6.07, 6.45) is 2.71. The van der Waals surface area contributed by atoms with E-state index in [0.717, 1.165) is 4.47 Å². The molecule has 0 saturated carbocycles. The van der Waals surface area contributed by atoms with Crippen molar-refractivity contribution in [2.45, 2.75) is 0 Å². The highest BCUT2D eigenvalue weighted by atomic mass is 79.9. The van der Waals surface area contributed by atoms with Crippen LogP contribution >= 0.6 is 15.9 Å². The molecule has 0 bridgehead atoms. The lowest BCUT2D eigenvalue weighted by atomic mass is 10.3. The van der Waals surface area contributed by atoms with Gasteiger partial charge in [-0.05, 0) is 36.4 Å². The van der Waals surface area contributed by atoms with Crippen LogP contribution < -0.4 is 10.6 Å². The van der Waals surface area contributed by atoms with E-state index in [1.165, 1.54) is 18.5 Å². The van der Waals surface area contributed by atoms with Gasteiger partial charge in [-0.25, -0.2) is 14.4 Å². The lowest BCUT2D eigenvalue weighted by Crippen LogP contribution is -2.14. The summed E-state index contributed by atoms with van der Waals surface area (Å²) in [5, 5.41) is 5.53. The minimum atomic E-state index is -0.392. The molecule has 0 aliphatic carbocycles. The van der Waals surface area contributed by atoms with E-state index in [2.05, 4.69) is 36.5 Å². The van der Waals surface area contributed by atoms with Crippen molar-refractivity contribution in [2.24, 2.45) is 0 Å². The lowest BCUT2D eigenvalue weighted by Gasteiger charge is -2.07. The highest BCUT2D eigenvalue weighted by Crippen LogP contribution is 2.18. The standard InChI is InChI=1S/C17H12BrFN4O/c18-11-5-7-12(8-6-11)22-17(24)15-9-21-16(10-20-15)23-14-4-2-1-3-13(14)19/h1-10H,(H,21,23)(H,22,24). The van der Waals surface area contributed by atoms with E-state index in [1.54, 1.807) is 30.3 Å². The molecular weight excluding hydrogens is 375 g/mol. The summed E-state index contributed by atoms with van der Waals surface area (Å²) in [5.41, 5.74) is 1.11. The minimum Gasteiger partial charge on any atom is -0.337 e. The molecule has 24 heavy (non-hydrogen) atoms. The number of carbonyl (C=O) groups is 1. The predicted molar refractivity (Wildman–Crippen MR) is 93.8 cm³/mol. The highest BCUT2D eigenvalue weighted by Gasteiger charge is 2.09. The average molecular weight is 387 g/mol. The first-order valence-electron chi connectivity index (χ1n) is 7.02. The van der Waals surface area contributed by atoms with E-state index in [1.807, 2.05) is 12.1 Å². The SMILES string of the molecule is O=C(Nc1ccc(Br)cc1)c1cnc(Nc2ccccc2F)cn1. The van der Waals surface area contributed by atoms with Crippen molar-refractivity contribution in [1.82, 2.24) is 9.97 Å². The van der Waals surface area contributed by atoms with Crippen LogP contribution in [0.1, 0.15) is 10.5 Å². The van der Waals surface area contributed by atoms with E-state index in [9.17, 15) is 9.18 Å². The van der Waals surface area contributed by atoms with Crippen LogP contribution in [0.4, 0.5) is 21.6 Å². The van der Waals surface area contributed by atoms with E-state index >= 15 is 0 Å². The molecule has 0 saturated heterocycles. The van der Waals surface area contributed by atoms with Crippen molar-refractivity contribution < 1.29 is 9.18 Å². The van der Waals surface area contributed by atoms with Crippen LogP contribution in [0.3, 0.4) is 0 Å². The van der Waals surface area contributed by atoms with Crippen LogP contribution in [-0.2, 0) is 0 Å². The summed E-state index contributed by atoms with van der Waals surface area (Å²) in [6.45, 7) is 0. The van der Waals surface area contributed by atoms with Crippen LogP contribution in [0, 0.1) is 5.82 Å². The van der Waals surface area contributed by atoms with Crippen molar-refractivity contribution in [3.05, 3.63) is 76.9 Å². The van der Waals surface area contributed by atoms with Gasteiger partial charge in [-0.3, -0.25) is 4.79 Å². The monoisotopic (exact) mass is 386 g/mol. The maximum Gasteiger partial charge on any atom is 0.275 e. The number of anilines is 3. The predicted octanol–water partition coefficient (Wildman–Crippen LogP) is 4.37. The number of hydrogen-bond acceptors (Lipinski definition) is 4. The molecule has 0 aliphatic rings. The van der Waals surface area contributed by atoms with Gasteiger partial charge < -0.3 is 10.6 Å². The number of amides is 1. The van der Waals surface area contributed by atoms with Crippen LogP contribution in [0.2, 0.25) is 0 Å². The third-order valence-corrected chi connectivity index (χ3v) is 3.65. The molecule has 1 aromatic heterocycles. The van der Waals surface area contributed by atoms with Gasteiger partial charge in [0, 0.05) is 10.2 Å². The fraction of sp³-hybridized carbons (Fsp3) is 0. The molecule has 0 aliphatic heterocycles. The number of aromatic nitrogens is 2. The van der Waals surface area contributed by atoms with Crippen molar-refractivity contribution >= 4 is 39.0 Å². The molecular formula is C17H12BrFN4O. The maximum absolute atomic E-state index is 13.6. The summed E-state index contributed by atoms with van der Waals surface area (Å²) in [6, 6.07) is 13.4. The molecule has 2 aromatic carbocycles. The first-order chi connectivity index (χ1) is 11.6. The number of nitrogens with zero attached hydrogens (tertiary/aromatic N) is 2. The van der Waals surface area contributed by atoms with Crippen molar-refractivity contribution in [3.8, 4) is 0 Å². The quantitative estimate of drug-likeness (QED) is 0.698. The van der Waals surface area contributed by atoms with E-state index in [-0.39, 0.29) is 11.6 Å². The van der Waals surface area contributed by atoms with Crippen molar-refractivity contribution in [3.63, 3.8) is 0 Å². The first kappa shape index (κ1) is 16.1. The van der Waals surface area contributed by atoms with Gasteiger partial charge in [0.2, 0.25) is 0 Å². The van der Waals surface area contributed by atoms with Crippen LogP contribution in [0.15, 0.2) is 65.4 Å². The van der Waals surface area contributed by atoms with Crippen molar-refractivity contribution in [2.75, 3.05) is 10.6 Å². The fourth-order valence-electron chi connectivity index (χ4n) is 1.94. The highest BCUT2D eigenvalue weighted by molar-refractivity contribution is 9.10. The Morgan fingerprint density at radius 3 is 2.42 bits per heavy atom. The van der Waals surface area contributed by atoms with E-state index in [0.29, 0.717) is 17.2 Å². The summed E-state index contributed by atoms with van der Waals surface area (Å²) in [5.74, 6) is -0.418. The molecule has 5 nitrogen and oxygen atoms in total. The van der Waals surface area contributed by atoms with Gasteiger partial charge in [0.25, 0.3) is 5.91 Å². The molecule has 0 fully saturated rings. The first-order valence-corrected chi connectivity index (χ1v) is 7.81. The molecule has 120 valence electrons. The van der Waals surface area contributed by atoms with Gasteiger partial charge in [0.15, 0.2) is 0 Å². The number of rotatable bonds is 4. The van der Waals surface area contributed by atoms with E-state index in [4.69, 9.17) is 0 Å². The molecule has 0 atom stereocenters. The third-order valence-electron chi connectivity index (χ3n) is 3.12. The summed E-state index contributed by atoms with van der Waals surface area (Å²) in [7, 11) is 0. The summed E-state index contributed by atoms with van der Waals surface area (Å²) < 4.78 is 14.5. The van der Waals surface area contributed by atoms with Crippen molar-refractivity contribution in [1.29, 1.82) is 0 Å². The smallest absolute Gasteiger partial charge is 0.275 e. The summed E-state index contributed by atoms with van der Waals surface area (Å²) in [4.78, 5) is 20.2. The van der Waals surface area contributed by atoms with Crippen LogP contribution in [0.5, 0.6) is 0 Å². The number of nitrogens with one attached hydrogen (secondary N) is 2. The second-order valence-electron chi connectivity index (χ2n) is 4.85. The number of para-hydroxylation sites is 1. The Morgan fingerprint density at radius 2 is 1.75 bits per heavy atom. The number of hydrogen-bond donors (Lipinski definition) is 2. The normalized spacial score (nSPS) is 10.2. The molecule has 1 amide bonds. The Hall–Kier alpha value is -2.80. The molecule has 0 unspecified atom stereocenters. The Bertz CT molecular complexity index is 853. The second-order valence-corrected chi connectivity index (χ2v) is 5.77. The largest absolute Gasteiger partial charge is 0.337 e. The number of carbonyl (C=O) groups excluding carboxylic acids is 1. The van der Waals surface area contributed by atoms with Gasteiger partial charge in [-0.2, -0.15) is 0 Å². The van der Waals surface area contributed by atoms with Gasteiger partial charge in [-0.1, -0.05) is 28.1 Å². The minimum absolute atomic E-state index is 0.164. The van der Waals surface area contributed by atoms with Crippen LogP contribution in [-0.4, -0.2) is 15.9 Å². The van der Waals surface area contributed by atoms with E-state index < -0.39 is 5.82 Å². The second kappa shape index (κ2) is 7.18. The Labute approximate surface area is 146 Å². The van der Waals surface area contributed by atoms with Gasteiger partial charge in [-0.15, -0.1) is 0 Å². The molecule has 3 aromatic rings. The van der Waals surface area contributed by atoms with Gasteiger partial charge in [0.05, 0.1) is 18.1 Å². The molecule has 3 rings (SSSR count). The molecule has 2 N–H and O–H groups in total. The lowest BCUT2D eigenvalue weighted by molar-refractivity contribution is 0.102. The van der Waals surface area contributed by atoms with Gasteiger partial charge in [0.1, 0.15) is 17.3 Å². The third kappa shape index (κ3) is 3.94. The average Bonchev–Trinajstić information content (AvgIpc) is 2.59. The van der Waals surface area contributed by atoms with Crippen LogP contribution in [0.25, 0.3) is 0 Å². The topological polar surface area (TPSA) is 66.9 Å². The zero-order valence-corrected chi connectivity index (χ0v) is 13.9. The fourth-order valence-corrected chi connectivity index (χ4v) is 2.20. The molecule has 0 radical (unpaired) electrons. The molecule has 1 heterocycles. The number of halogens is 2. The summed E-state index contributed by atoms with van der Waals surface area (Å²) >= 11 is 3.33.